The van der Waals surface area contributed by atoms with Crippen LogP contribution in [0.4, 0.5) is 0 Å². The molecule has 1 unspecified atom stereocenters. The van der Waals surface area contributed by atoms with Gasteiger partial charge in [0.2, 0.25) is 0 Å². The van der Waals surface area contributed by atoms with E-state index in [-0.39, 0.29) is 5.92 Å². The number of rotatable bonds is 64. The lowest BCUT2D eigenvalue weighted by Crippen LogP contribution is -2.52. The minimum absolute atomic E-state index is 0.0608. The molecule has 4 aliphatic rings. The van der Waals surface area contributed by atoms with Gasteiger partial charge in [0.1, 0.15) is 0 Å². The first-order valence-corrected chi connectivity index (χ1v) is 51.9. The predicted molar refractivity (Wildman–Crippen MR) is 504 cm³/mol. The number of benzene rings is 4. The molecule has 7 aromatic rings. The van der Waals surface area contributed by atoms with Gasteiger partial charge in [-0.1, -0.05) is 471 Å². The fraction of sp³-hybridized carbons (Fsp3) is 0.630. The molecule has 612 valence electrons. The lowest BCUT2D eigenvalue weighted by atomic mass is 9.46. The Morgan fingerprint density at radius 1 is 0.321 bits per heavy atom. The number of allylic oxidation sites excluding steroid dienone is 1. The maximum absolute atomic E-state index is 2.87. The summed E-state index contributed by atoms with van der Waals surface area (Å²) in [6, 6.07) is 44.5. The van der Waals surface area contributed by atoms with E-state index in [0.29, 0.717) is 0 Å². The van der Waals surface area contributed by atoms with Crippen molar-refractivity contribution >= 4 is 84.5 Å². The van der Waals surface area contributed by atoms with E-state index in [1.807, 2.05) is 11.3 Å². The molecule has 0 N–H and O–H groups in total. The summed E-state index contributed by atoms with van der Waals surface area (Å²) in [7, 11) is 0. The van der Waals surface area contributed by atoms with Crippen LogP contribution in [0.25, 0.3) is 38.8 Å². The van der Waals surface area contributed by atoms with Crippen molar-refractivity contribution in [3.63, 3.8) is 0 Å². The molecule has 1 fully saturated rings. The van der Waals surface area contributed by atoms with Gasteiger partial charge in [-0.15, -0.1) is 45.8 Å². The monoisotopic (exact) mass is 1580 g/mol. The fourth-order valence-corrected chi connectivity index (χ4v) is 25.4. The molecule has 4 aromatic carbocycles. The predicted octanol–water partition coefficient (Wildman–Crippen LogP) is 32.8. The van der Waals surface area contributed by atoms with Gasteiger partial charge in [0.05, 0.1) is 15.5 Å². The highest BCUT2D eigenvalue weighted by atomic mass is 32.2. The molecule has 0 spiro atoms. The Bertz CT molecular complexity index is 3880. The van der Waals surface area contributed by atoms with Crippen molar-refractivity contribution in [3.05, 3.63) is 183 Å². The van der Waals surface area contributed by atoms with E-state index < -0.39 is 10.8 Å². The normalized spacial score (nSPS) is 15.1. The number of thiophene rings is 3. The second-order valence-corrected chi connectivity index (χ2v) is 39.8. The summed E-state index contributed by atoms with van der Waals surface area (Å²) in [5.41, 5.74) is 17.0. The van der Waals surface area contributed by atoms with Crippen molar-refractivity contribution < 1.29 is 0 Å². The van der Waals surface area contributed by atoms with Crippen molar-refractivity contribution in [1.82, 2.24) is 0 Å². The molecular formula is C108H156S4. The Morgan fingerprint density at radius 3 is 0.946 bits per heavy atom. The topological polar surface area (TPSA) is 0 Å². The van der Waals surface area contributed by atoms with E-state index in [9.17, 15) is 0 Å². The summed E-state index contributed by atoms with van der Waals surface area (Å²) >= 11 is 8.32. The van der Waals surface area contributed by atoms with Crippen LogP contribution in [-0.4, -0.2) is 5.75 Å². The van der Waals surface area contributed by atoms with Crippen LogP contribution in [0.3, 0.4) is 0 Å². The zero-order valence-electron chi connectivity index (χ0n) is 72.0. The van der Waals surface area contributed by atoms with E-state index in [4.69, 9.17) is 0 Å². The van der Waals surface area contributed by atoms with Crippen LogP contribution in [-0.2, 0) is 36.5 Å². The van der Waals surface area contributed by atoms with Crippen molar-refractivity contribution in [2.75, 3.05) is 5.75 Å². The lowest BCUT2D eigenvalue weighted by Gasteiger charge is -2.55. The van der Waals surface area contributed by atoms with Crippen molar-refractivity contribution in [1.29, 1.82) is 0 Å². The van der Waals surface area contributed by atoms with Crippen LogP contribution >= 0.6 is 45.8 Å². The summed E-state index contributed by atoms with van der Waals surface area (Å²) in [4.78, 5) is 1.52. The zero-order chi connectivity index (χ0) is 77.4. The molecular weight excluding hydrogens is 1430 g/mol. The smallest absolute Gasteiger partial charge is 0.0688 e. The van der Waals surface area contributed by atoms with E-state index in [2.05, 4.69) is 189 Å². The van der Waals surface area contributed by atoms with Crippen molar-refractivity contribution in [2.45, 2.75) is 429 Å². The van der Waals surface area contributed by atoms with Crippen LogP contribution in [0.2, 0.25) is 0 Å². The number of hydrogen-bond donors (Lipinski definition) is 0. The van der Waals surface area contributed by atoms with Gasteiger partial charge in [0, 0.05) is 45.6 Å². The van der Waals surface area contributed by atoms with Crippen LogP contribution in [0, 0.1) is 5.92 Å². The summed E-state index contributed by atoms with van der Waals surface area (Å²) in [6.07, 6.45) is 91.2. The fourth-order valence-electron chi connectivity index (χ4n) is 20.3. The van der Waals surface area contributed by atoms with E-state index in [1.54, 1.807) is 11.1 Å². The minimum Gasteiger partial charge on any atom is -0.142 e. The number of thioether (sulfide) groups is 1. The average molecular weight is 1580 g/mol. The minimum atomic E-state index is -0.542. The Morgan fingerprint density at radius 2 is 0.625 bits per heavy atom. The second-order valence-electron chi connectivity index (χ2n) is 35.7. The molecule has 4 heteroatoms. The summed E-state index contributed by atoms with van der Waals surface area (Å²) in [5.74, 6) is 1.13. The molecule has 1 saturated carbocycles. The average Bonchev–Trinajstić information content (AvgIpc) is 1.44. The first-order chi connectivity index (χ1) is 55.5. The first kappa shape index (κ1) is 88.6. The Hall–Kier alpha value is -4.19. The lowest BCUT2D eigenvalue weighted by molar-refractivity contribution is 0.526. The quantitative estimate of drug-likeness (QED) is 0.0343. The van der Waals surface area contributed by atoms with E-state index in [0.717, 1.165) is 31.4 Å². The third kappa shape index (κ3) is 25.0. The number of aryl methyl sites for hydroxylation is 4. The van der Waals surface area contributed by atoms with E-state index in [1.165, 1.54) is 448 Å². The third-order valence-corrected chi connectivity index (χ3v) is 31.7. The highest BCUT2D eigenvalue weighted by Crippen LogP contribution is 2.68. The first-order valence-electron chi connectivity index (χ1n) is 48.4. The van der Waals surface area contributed by atoms with Gasteiger partial charge < -0.3 is 0 Å². The number of fused-ring (bicyclic) bond motifs is 8. The summed E-state index contributed by atoms with van der Waals surface area (Å²) in [6.45, 7) is 9.32. The molecule has 0 saturated heterocycles. The van der Waals surface area contributed by atoms with Crippen LogP contribution in [0.5, 0.6) is 0 Å². The highest BCUT2D eigenvalue weighted by Gasteiger charge is 2.63. The number of unbranched alkanes of at least 4 members (excludes halogenated alkanes) is 52. The van der Waals surface area contributed by atoms with Gasteiger partial charge in [0.15, 0.2) is 0 Å². The van der Waals surface area contributed by atoms with Gasteiger partial charge in [-0.25, -0.2) is 0 Å². The molecule has 0 bridgehead atoms. The van der Waals surface area contributed by atoms with Gasteiger partial charge in [-0.3, -0.25) is 0 Å². The standard InChI is InChI=1S/C108H156S4/c1-5-9-13-17-21-25-29-33-37-41-45-49-53-57-61-87-65-73-91(74-66-87)107(92-75-67-88(68-76-92)62-58-54-50-46-42-38-34-30-26-22-18-14-10-6-2)97-85-95-103-100(82-84-109-103)112-106(95)102(97)108(98-86-96-104-99(81-83-110-104)111-105(96)101(98)107,93-77-69-89(70-78-93)63-59-55-51-47-43-39-35-31-27-23-19-15-11-7-3)94-79-71-90(72-80-94)64-60-56-52-48-44-40-36-32-28-24-20-16-12-8-4/h65-83,85-86,98H,5-64,84H2,1-4H3. The molecule has 3 aliphatic carbocycles. The Labute approximate surface area is 702 Å². The molecule has 0 radical (unpaired) electrons. The van der Waals surface area contributed by atoms with Crippen LogP contribution in [0.15, 0.2) is 119 Å². The Balaban J connectivity index is 0.899. The molecule has 3 aromatic heterocycles. The molecule has 1 aliphatic heterocycles. The maximum Gasteiger partial charge on any atom is 0.0688 e. The van der Waals surface area contributed by atoms with Gasteiger partial charge in [-0.2, -0.15) is 0 Å². The second kappa shape index (κ2) is 50.5. The third-order valence-electron chi connectivity index (χ3n) is 27.0. The van der Waals surface area contributed by atoms with E-state index >= 15 is 0 Å². The summed E-state index contributed by atoms with van der Waals surface area (Å²) in [5, 5.41) is 3.87. The molecule has 112 heavy (non-hydrogen) atoms. The molecule has 0 amide bonds. The molecule has 1 atom stereocenters. The van der Waals surface area contributed by atoms with Crippen molar-refractivity contribution in [2.24, 2.45) is 5.92 Å². The Kier molecular flexibility index (Phi) is 40.0. The van der Waals surface area contributed by atoms with Gasteiger partial charge in [0.25, 0.3) is 0 Å². The highest BCUT2D eigenvalue weighted by molar-refractivity contribution is 8.00. The van der Waals surface area contributed by atoms with Gasteiger partial charge in [-0.05, 0) is 130 Å². The van der Waals surface area contributed by atoms with Crippen LogP contribution in [0.1, 0.15) is 437 Å². The van der Waals surface area contributed by atoms with Crippen LogP contribution < -0.4 is 18.8 Å². The molecule has 4 heterocycles. The largest absolute Gasteiger partial charge is 0.142 e. The van der Waals surface area contributed by atoms with Crippen molar-refractivity contribution in [3.8, 4) is 0 Å². The maximum atomic E-state index is 2.87. The number of hydrogen-bond acceptors (Lipinski definition) is 4. The molecule has 0 nitrogen and oxygen atoms in total. The summed E-state index contributed by atoms with van der Waals surface area (Å²) < 4.78 is 7.48. The zero-order valence-corrected chi connectivity index (χ0v) is 75.2. The van der Waals surface area contributed by atoms with Gasteiger partial charge >= 0.3 is 0 Å². The SMILES string of the molecule is CCCCCCCCCCCCCCCCc1ccc(C2(c3ccc(CCCCCCCCCCCCCCCC)cc3)C3=Cc4c5c(sc4=C3C(c3ccc(CCCCCCCCCCCCCCCC)cc3)(c3ccc(CCCCCCCCCCCCCCCC)cc3)C3C=c4c(sc6ccsc46)=C32)=CCS5)cc1. The molecule has 11 rings (SSSR count).